The van der Waals surface area contributed by atoms with Crippen molar-refractivity contribution in [2.24, 2.45) is 5.84 Å². The summed E-state index contributed by atoms with van der Waals surface area (Å²) in [6, 6.07) is 10.9. The Morgan fingerprint density at radius 3 is 2.71 bits per heavy atom. The van der Waals surface area contributed by atoms with E-state index in [1.807, 2.05) is 37.3 Å². The topological polar surface area (TPSA) is 63.8 Å². The Hall–Kier alpha value is -2.37. The lowest BCUT2D eigenvalue weighted by molar-refractivity contribution is 0.598. The molecule has 0 amide bonds. The predicted octanol–water partition coefficient (Wildman–Crippen LogP) is 2.63. The van der Waals surface area contributed by atoms with Crippen LogP contribution in [0.15, 0.2) is 48.8 Å². The molecule has 0 fully saturated rings. The highest BCUT2D eigenvalue weighted by Crippen LogP contribution is 2.24. The summed E-state index contributed by atoms with van der Waals surface area (Å²) in [6.45, 7) is 1.95. The highest BCUT2D eigenvalue weighted by atomic mass is 19.1. The molecular weight excluding hydrogens is 267 g/mol. The van der Waals surface area contributed by atoms with Crippen molar-refractivity contribution in [1.82, 2.24) is 15.4 Å². The van der Waals surface area contributed by atoms with Crippen molar-refractivity contribution in [2.45, 2.75) is 13.0 Å². The number of aryl methyl sites for hydroxylation is 1. The number of rotatable bonds is 3. The minimum Gasteiger partial charge on any atom is -0.271 e. The van der Waals surface area contributed by atoms with Gasteiger partial charge in [0.25, 0.3) is 0 Å². The number of halogens is 1. The Kier molecular flexibility index (Phi) is 3.60. The molecule has 1 aromatic carbocycles. The lowest BCUT2D eigenvalue weighted by Crippen LogP contribution is -2.29. The van der Waals surface area contributed by atoms with E-state index in [1.54, 1.807) is 6.20 Å². The second kappa shape index (κ2) is 5.55. The molecule has 2 heterocycles. The van der Waals surface area contributed by atoms with Crippen molar-refractivity contribution in [3.63, 3.8) is 0 Å². The van der Waals surface area contributed by atoms with E-state index in [2.05, 4.69) is 15.4 Å². The van der Waals surface area contributed by atoms with Crippen molar-refractivity contribution in [1.29, 1.82) is 0 Å². The zero-order valence-electron chi connectivity index (χ0n) is 11.5. The van der Waals surface area contributed by atoms with Crippen molar-refractivity contribution in [3.05, 3.63) is 71.4 Å². The molecule has 4 nitrogen and oxygen atoms in total. The first kappa shape index (κ1) is 13.6. The van der Waals surface area contributed by atoms with Crippen molar-refractivity contribution >= 4 is 10.9 Å². The molecule has 3 N–H and O–H groups in total. The van der Waals surface area contributed by atoms with Crippen molar-refractivity contribution < 1.29 is 4.39 Å². The molecule has 3 rings (SSSR count). The summed E-state index contributed by atoms with van der Waals surface area (Å²) in [5.41, 5.74) is 6.22. The summed E-state index contributed by atoms with van der Waals surface area (Å²) in [5.74, 6) is 5.26. The molecule has 3 aromatic rings. The molecule has 21 heavy (non-hydrogen) atoms. The fourth-order valence-electron chi connectivity index (χ4n) is 2.40. The maximum atomic E-state index is 13.3. The normalized spacial score (nSPS) is 12.5. The zero-order valence-corrected chi connectivity index (χ0v) is 11.5. The van der Waals surface area contributed by atoms with E-state index < -0.39 is 0 Å². The van der Waals surface area contributed by atoms with Gasteiger partial charge in [0.15, 0.2) is 0 Å². The summed E-state index contributed by atoms with van der Waals surface area (Å²) >= 11 is 0. The van der Waals surface area contributed by atoms with Crippen LogP contribution in [-0.2, 0) is 0 Å². The van der Waals surface area contributed by atoms with E-state index in [4.69, 9.17) is 5.84 Å². The first-order valence-electron chi connectivity index (χ1n) is 6.61. The third kappa shape index (κ3) is 2.74. The van der Waals surface area contributed by atoms with Crippen LogP contribution >= 0.6 is 0 Å². The van der Waals surface area contributed by atoms with Gasteiger partial charge in [0.05, 0.1) is 17.8 Å². The molecule has 0 radical (unpaired) electrons. The van der Waals surface area contributed by atoms with Gasteiger partial charge in [-0.25, -0.2) is 9.82 Å². The summed E-state index contributed by atoms with van der Waals surface area (Å²) in [4.78, 5) is 8.33. The van der Waals surface area contributed by atoms with Gasteiger partial charge in [-0.3, -0.25) is 15.8 Å². The van der Waals surface area contributed by atoms with E-state index in [0.717, 1.165) is 22.2 Å². The minimum absolute atomic E-state index is 0.320. The Labute approximate surface area is 121 Å². The van der Waals surface area contributed by atoms with Gasteiger partial charge in [-0.1, -0.05) is 12.1 Å². The highest BCUT2D eigenvalue weighted by Gasteiger charge is 2.14. The lowest BCUT2D eigenvalue weighted by Gasteiger charge is -2.17. The Bertz CT molecular complexity index is 788. The van der Waals surface area contributed by atoms with Crippen LogP contribution in [0, 0.1) is 12.7 Å². The quantitative estimate of drug-likeness (QED) is 0.572. The highest BCUT2D eigenvalue weighted by molar-refractivity contribution is 5.79. The van der Waals surface area contributed by atoms with Crippen LogP contribution < -0.4 is 11.3 Å². The molecular formula is C16H15FN4. The van der Waals surface area contributed by atoms with Gasteiger partial charge in [-0.2, -0.15) is 0 Å². The molecule has 2 aromatic heterocycles. The molecule has 0 aliphatic carbocycles. The number of pyridine rings is 2. The first-order valence-corrected chi connectivity index (χ1v) is 6.61. The number of nitrogens with one attached hydrogen (secondary N) is 1. The molecule has 0 bridgehead atoms. The average Bonchev–Trinajstić information content (AvgIpc) is 2.48. The summed E-state index contributed by atoms with van der Waals surface area (Å²) in [7, 11) is 0. The monoisotopic (exact) mass is 282 g/mol. The van der Waals surface area contributed by atoms with E-state index in [9.17, 15) is 4.39 Å². The van der Waals surface area contributed by atoms with E-state index >= 15 is 0 Å². The Morgan fingerprint density at radius 1 is 1.10 bits per heavy atom. The Balaban J connectivity index is 2.06. The van der Waals surface area contributed by atoms with Crippen molar-refractivity contribution in [2.75, 3.05) is 0 Å². The first-order chi connectivity index (χ1) is 10.2. The number of fused-ring (bicyclic) bond motifs is 1. The molecule has 1 unspecified atom stereocenters. The van der Waals surface area contributed by atoms with Crippen molar-refractivity contribution in [3.8, 4) is 0 Å². The second-order valence-corrected chi connectivity index (χ2v) is 4.94. The van der Waals surface area contributed by atoms with Gasteiger partial charge in [0.1, 0.15) is 5.82 Å². The summed E-state index contributed by atoms with van der Waals surface area (Å²) < 4.78 is 13.3. The molecule has 0 saturated heterocycles. The van der Waals surface area contributed by atoms with Gasteiger partial charge in [0, 0.05) is 17.3 Å². The van der Waals surface area contributed by atoms with Gasteiger partial charge in [-0.15, -0.1) is 0 Å². The van der Waals surface area contributed by atoms with Crippen LogP contribution in [0.4, 0.5) is 4.39 Å². The van der Waals surface area contributed by atoms with Gasteiger partial charge < -0.3 is 0 Å². The predicted molar refractivity (Wildman–Crippen MR) is 79.8 cm³/mol. The number of aromatic nitrogens is 2. The second-order valence-electron chi connectivity index (χ2n) is 4.94. The molecule has 0 spiro atoms. The minimum atomic E-state index is -0.383. The standard InChI is InChI=1S/C16H15FN4/c1-10-2-3-11-6-12(4-5-15(11)20-10)16(21-18)13-7-14(17)9-19-8-13/h2-9,16,21H,18H2,1H3. The number of nitrogens with two attached hydrogens (primary N) is 1. The molecule has 0 aliphatic rings. The third-order valence-electron chi connectivity index (χ3n) is 3.41. The number of hydrazine groups is 1. The molecule has 106 valence electrons. The SMILES string of the molecule is Cc1ccc2cc(C(NN)c3cncc(F)c3)ccc2n1. The Morgan fingerprint density at radius 2 is 1.95 bits per heavy atom. The average molecular weight is 282 g/mol. The van der Waals surface area contributed by atoms with E-state index in [1.165, 1.54) is 12.3 Å². The number of nitrogens with zero attached hydrogens (tertiary/aromatic N) is 2. The van der Waals surface area contributed by atoms with Crippen LogP contribution in [-0.4, -0.2) is 9.97 Å². The zero-order chi connectivity index (χ0) is 14.8. The van der Waals surface area contributed by atoms with Crippen LogP contribution in [0.3, 0.4) is 0 Å². The largest absolute Gasteiger partial charge is 0.271 e. The molecule has 5 heteroatoms. The maximum Gasteiger partial charge on any atom is 0.141 e. The number of benzene rings is 1. The molecule has 1 atom stereocenters. The van der Waals surface area contributed by atoms with Crippen LogP contribution in [0.2, 0.25) is 0 Å². The fraction of sp³-hybridized carbons (Fsp3) is 0.125. The summed E-state index contributed by atoms with van der Waals surface area (Å²) in [5, 5.41) is 1.02. The molecule has 0 aliphatic heterocycles. The van der Waals surface area contributed by atoms with Gasteiger partial charge in [-0.05, 0) is 42.3 Å². The summed E-state index contributed by atoms with van der Waals surface area (Å²) in [6.07, 6.45) is 2.77. The third-order valence-corrected chi connectivity index (χ3v) is 3.41. The maximum absolute atomic E-state index is 13.3. The van der Waals surface area contributed by atoms with Crippen LogP contribution in [0.5, 0.6) is 0 Å². The smallest absolute Gasteiger partial charge is 0.141 e. The van der Waals surface area contributed by atoms with Gasteiger partial charge >= 0.3 is 0 Å². The van der Waals surface area contributed by atoms with Gasteiger partial charge in [0.2, 0.25) is 0 Å². The fourth-order valence-corrected chi connectivity index (χ4v) is 2.40. The molecule has 0 saturated carbocycles. The lowest BCUT2D eigenvalue weighted by atomic mass is 9.99. The number of hydrogen-bond acceptors (Lipinski definition) is 4. The van der Waals surface area contributed by atoms with Crippen LogP contribution in [0.25, 0.3) is 10.9 Å². The van der Waals surface area contributed by atoms with E-state index in [0.29, 0.717) is 5.56 Å². The van der Waals surface area contributed by atoms with Crippen LogP contribution in [0.1, 0.15) is 22.9 Å². The number of hydrogen-bond donors (Lipinski definition) is 2. The van der Waals surface area contributed by atoms with E-state index in [-0.39, 0.29) is 11.9 Å².